The van der Waals surface area contributed by atoms with E-state index in [2.05, 4.69) is 15.5 Å². The maximum atomic E-state index is 12.3. The summed E-state index contributed by atoms with van der Waals surface area (Å²) in [5, 5.41) is 10.6. The Kier molecular flexibility index (Phi) is 7.13. The van der Waals surface area contributed by atoms with E-state index in [-0.39, 0.29) is 35.4 Å². The maximum Gasteiger partial charge on any atom is 0.322 e. The Labute approximate surface area is 184 Å². The Hall–Kier alpha value is -3.11. The molecule has 164 valence electrons. The summed E-state index contributed by atoms with van der Waals surface area (Å²) in [4.78, 5) is 12.3. The highest BCUT2D eigenvalue weighted by molar-refractivity contribution is 7.91. The number of rotatable bonds is 9. The fourth-order valence-electron chi connectivity index (χ4n) is 2.69. The molecule has 3 rings (SSSR count). The summed E-state index contributed by atoms with van der Waals surface area (Å²) in [6.45, 7) is 0. The second-order valence-corrected chi connectivity index (χ2v) is 8.98. The van der Waals surface area contributed by atoms with Gasteiger partial charge in [0, 0.05) is 23.1 Å². The molecule has 11 heteroatoms. The van der Waals surface area contributed by atoms with E-state index in [0.29, 0.717) is 22.1 Å². The lowest BCUT2D eigenvalue weighted by Gasteiger charge is -2.06. The first kappa shape index (κ1) is 22.6. The minimum atomic E-state index is -3.50. The molecular formula is C20H20ClN3O6S. The zero-order chi connectivity index (χ0) is 22.4. The number of nitrogens with one attached hydrogen (secondary N) is 1. The predicted octanol–water partition coefficient (Wildman–Crippen LogP) is 3.60. The highest BCUT2D eigenvalue weighted by Crippen LogP contribution is 2.29. The van der Waals surface area contributed by atoms with Crippen LogP contribution in [0.15, 0.2) is 51.8 Å². The normalized spacial score (nSPS) is 11.2. The number of hydrogen-bond donors (Lipinski definition) is 1. The predicted molar refractivity (Wildman–Crippen MR) is 114 cm³/mol. The average Bonchev–Trinajstić information content (AvgIpc) is 3.22. The van der Waals surface area contributed by atoms with Crippen molar-refractivity contribution in [2.75, 3.05) is 25.3 Å². The van der Waals surface area contributed by atoms with Gasteiger partial charge in [0.15, 0.2) is 9.84 Å². The quantitative estimate of drug-likeness (QED) is 0.508. The first-order valence-corrected chi connectivity index (χ1v) is 11.2. The summed E-state index contributed by atoms with van der Waals surface area (Å²) in [6.07, 6.45) is 0.0996. The van der Waals surface area contributed by atoms with Gasteiger partial charge in [0.05, 0.1) is 24.9 Å². The first-order valence-electron chi connectivity index (χ1n) is 9.16. The van der Waals surface area contributed by atoms with Crippen LogP contribution in [-0.4, -0.2) is 44.5 Å². The van der Waals surface area contributed by atoms with Crippen LogP contribution < -0.4 is 14.8 Å². The van der Waals surface area contributed by atoms with Gasteiger partial charge in [-0.25, -0.2) is 8.42 Å². The van der Waals surface area contributed by atoms with Gasteiger partial charge in [0.1, 0.15) is 11.5 Å². The van der Waals surface area contributed by atoms with E-state index in [1.807, 2.05) is 0 Å². The van der Waals surface area contributed by atoms with Gasteiger partial charge in [0.25, 0.3) is 0 Å². The Morgan fingerprint density at radius 2 is 1.71 bits per heavy atom. The second kappa shape index (κ2) is 9.80. The minimum absolute atomic E-state index is 0.0302. The molecule has 0 aliphatic rings. The molecule has 1 heterocycles. The number of benzene rings is 2. The average molecular weight is 466 g/mol. The molecule has 0 radical (unpaired) electrons. The van der Waals surface area contributed by atoms with E-state index >= 15 is 0 Å². The van der Waals surface area contributed by atoms with E-state index < -0.39 is 15.7 Å². The van der Waals surface area contributed by atoms with Gasteiger partial charge in [-0.3, -0.25) is 10.1 Å². The van der Waals surface area contributed by atoms with E-state index in [1.165, 1.54) is 38.5 Å². The number of ether oxygens (including phenoxy) is 2. The van der Waals surface area contributed by atoms with Gasteiger partial charge in [-0.2, -0.15) is 0 Å². The molecule has 3 aromatic rings. The summed E-state index contributed by atoms with van der Waals surface area (Å²) in [5.41, 5.74) is 0.554. The van der Waals surface area contributed by atoms with E-state index in [0.717, 1.165) is 0 Å². The summed E-state index contributed by atoms with van der Waals surface area (Å²) in [7, 11) is -0.467. The topological polar surface area (TPSA) is 121 Å². The number of methoxy groups -OCH3 is 2. The highest BCUT2D eigenvalue weighted by atomic mass is 35.5. The molecule has 1 amide bonds. The minimum Gasteiger partial charge on any atom is -0.497 e. The highest BCUT2D eigenvalue weighted by Gasteiger charge is 2.17. The van der Waals surface area contributed by atoms with Crippen LogP contribution in [0.3, 0.4) is 0 Å². The summed E-state index contributed by atoms with van der Waals surface area (Å²) >= 11 is 5.78. The summed E-state index contributed by atoms with van der Waals surface area (Å²) in [6, 6.07) is 10.9. The van der Waals surface area contributed by atoms with Crippen molar-refractivity contribution in [1.82, 2.24) is 10.2 Å². The van der Waals surface area contributed by atoms with Gasteiger partial charge in [-0.1, -0.05) is 16.7 Å². The third-order valence-electron chi connectivity index (χ3n) is 4.26. The smallest absolute Gasteiger partial charge is 0.322 e. The molecule has 1 aromatic heterocycles. The van der Waals surface area contributed by atoms with Crippen molar-refractivity contribution in [3.63, 3.8) is 0 Å². The first-order chi connectivity index (χ1) is 14.8. The second-order valence-electron chi connectivity index (χ2n) is 6.44. The fourth-order valence-corrected chi connectivity index (χ4v) is 4.12. The van der Waals surface area contributed by atoms with Crippen LogP contribution in [0.25, 0.3) is 11.5 Å². The van der Waals surface area contributed by atoms with Crippen LogP contribution in [0.1, 0.15) is 12.8 Å². The molecule has 0 unspecified atom stereocenters. The van der Waals surface area contributed by atoms with Crippen LogP contribution >= 0.6 is 11.6 Å². The monoisotopic (exact) mass is 465 g/mol. The number of hydrogen-bond acceptors (Lipinski definition) is 8. The lowest BCUT2D eigenvalue weighted by molar-refractivity contribution is -0.116. The zero-order valence-electron chi connectivity index (χ0n) is 16.8. The van der Waals surface area contributed by atoms with Crippen LogP contribution in [0.2, 0.25) is 5.02 Å². The third kappa shape index (κ3) is 5.96. The molecule has 0 saturated heterocycles. The van der Waals surface area contributed by atoms with Crippen molar-refractivity contribution in [3.8, 4) is 23.0 Å². The lowest BCUT2D eigenvalue weighted by atomic mass is 10.2. The van der Waals surface area contributed by atoms with Gasteiger partial charge in [0.2, 0.25) is 11.8 Å². The van der Waals surface area contributed by atoms with Gasteiger partial charge in [-0.05, 0) is 42.8 Å². The van der Waals surface area contributed by atoms with Gasteiger partial charge < -0.3 is 13.9 Å². The van der Waals surface area contributed by atoms with Crippen molar-refractivity contribution in [1.29, 1.82) is 0 Å². The number of sulfone groups is 1. The number of carbonyl (C=O) groups is 1. The Bertz CT molecular complexity index is 1140. The Morgan fingerprint density at radius 3 is 2.32 bits per heavy atom. The van der Waals surface area contributed by atoms with Crippen molar-refractivity contribution in [2.45, 2.75) is 17.7 Å². The SMILES string of the molecule is COc1cc(OC)cc(-c2nnc(NC(=O)CCCS(=O)(=O)c3ccc(Cl)cc3)o2)c1. The fraction of sp³-hybridized carbons (Fsp3) is 0.250. The van der Waals surface area contributed by atoms with Crippen molar-refractivity contribution in [2.24, 2.45) is 0 Å². The van der Waals surface area contributed by atoms with Crippen molar-refractivity contribution in [3.05, 3.63) is 47.5 Å². The standard InChI is InChI=1S/C20H20ClN3O6S/c1-28-15-10-13(11-16(12-15)29-2)19-23-24-20(30-19)22-18(25)4-3-9-31(26,27)17-7-5-14(21)6-8-17/h5-8,10-12H,3-4,9H2,1-2H3,(H,22,24,25). The Balaban J connectivity index is 1.57. The molecule has 2 aromatic carbocycles. The third-order valence-corrected chi connectivity index (χ3v) is 6.33. The molecule has 0 bridgehead atoms. The van der Waals surface area contributed by atoms with Gasteiger partial charge >= 0.3 is 6.01 Å². The molecule has 0 fully saturated rings. The summed E-state index contributed by atoms with van der Waals surface area (Å²) < 4.78 is 40.5. The van der Waals surface area contributed by atoms with Crippen LogP contribution in [0, 0.1) is 0 Å². The number of anilines is 1. The molecule has 31 heavy (non-hydrogen) atoms. The number of aromatic nitrogens is 2. The van der Waals surface area contributed by atoms with Gasteiger partial charge in [-0.15, -0.1) is 5.10 Å². The zero-order valence-corrected chi connectivity index (χ0v) is 18.4. The van der Waals surface area contributed by atoms with Crippen molar-refractivity contribution < 1.29 is 27.1 Å². The molecule has 9 nitrogen and oxygen atoms in total. The van der Waals surface area contributed by atoms with E-state index in [9.17, 15) is 13.2 Å². The van der Waals surface area contributed by atoms with E-state index in [1.54, 1.807) is 18.2 Å². The van der Waals surface area contributed by atoms with E-state index in [4.69, 9.17) is 25.5 Å². The molecule has 0 saturated carbocycles. The number of halogens is 1. The van der Waals surface area contributed by atoms with Crippen molar-refractivity contribution >= 4 is 33.4 Å². The molecule has 0 spiro atoms. The lowest BCUT2D eigenvalue weighted by Crippen LogP contribution is -2.14. The molecule has 0 aliphatic heterocycles. The Morgan fingerprint density at radius 1 is 1.06 bits per heavy atom. The van der Waals surface area contributed by atoms with Crippen LogP contribution in [0.5, 0.6) is 11.5 Å². The van der Waals surface area contributed by atoms with Crippen LogP contribution in [-0.2, 0) is 14.6 Å². The van der Waals surface area contributed by atoms with Crippen LogP contribution in [0.4, 0.5) is 6.01 Å². The maximum absolute atomic E-state index is 12.3. The molecule has 1 N–H and O–H groups in total. The molecular weight excluding hydrogens is 446 g/mol. The number of nitrogens with zero attached hydrogens (tertiary/aromatic N) is 2. The summed E-state index contributed by atoms with van der Waals surface area (Å²) in [5.74, 6) is 0.628. The molecule has 0 aliphatic carbocycles. The number of amides is 1. The number of carbonyl (C=O) groups excluding carboxylic acids is 1. The largest absolute Gasteiger partial charge is 0.497 e. The molecule has 0 atom stereocenters.